The van der Waals surface area contributed by atoms with Crippen LogP contribution in [0.1, 0.15) is 18.4 Å². The molecule has 1 heterocycles. The molecule has 1 N–H and O–H groups in total. The lowest BCUT2D eigenvalue weighted by atomic mass is 10.1. The van der Waals surface area contributed by atoms with Crippen molar-refractivity contribution in [3.8, 4) is 0 Å². The Hall–Kier alpha value is -1.23. The molecule has 0 bridgehead atoms. The standard InChI is InChI=1S/C12H16N2O2S/c1-9-7-10(4-5-12(9)14(15)16)13-11-3-2-6-17-8-11/h4-5,7,11,13H,2-3,6,8H2,1H3. The number of aryl methyl sites for hydroxylation is 1. The second kappa shape index (κ2) is 5.40. The fraction of sp³-hybridized carbons (Fsp3) is 0.500. The fourth-order valence-electron chi connectivity index (χ4n) is 2.04. The Balaban J connectivity index is 2.06. The molecule has 92 valence electrons. The molecule has 5 heteroatoms. The number of hydrogen-bond acceptors (Lipinski definition) is 4. The minimum absolute atomic E-state index is 0.188. The minimum Gasteiger partial charge on any atom is -0.381 e. The van der Waals surface area contributed by atoms with Crippen molar-refractivity contribution in [2.45, 2.75) is 25.8 Å². The van der Waals surface area contributed by atoms with E-state index in [1.165, 1.54) is 18.6 Å². The normalized spacial score (nSPS) is 19.9. The highest BCUT2D eigenvalue weighted by Gasteiger charge is 2.15. The van der Waals surface area contributed by atoms with Crippen molar-refractivity contribution in [1.82, 2.24) is 0 Å². The van der Waals surface area contributed by atoms with Crippen LogP contribution in [-0.4, -0.2) is 22.5 Å². The molecule has 2 rings (SSSR count). The Morgan fingerprint density at radius 2 is 2.35 bits per heavy atom. The van der Waals surface area contributed by atoms with Crippen LogP contribution in [0.15, 0.2) is 18.2 Å². The quantitative estimate of drug-likeness (QED) is 0.663. The SMILES string of the molecule is Cc1cc(NC2CCCSC2)ccc1[N+](=O)[O-]. The minimum atomic E-state index is -0.338. The molecule has 0 spiro atoms. The van der Waals surface area contributed by atoms with Gasteiger partial charge in [0.05, 0.1) is 4.92 Å². The van der Waals surface area contributed by atoms with Crippen LogP contribution in [0.3, 0.4) is 0 Å². The van der Waals surface area contributed by atoms with Gasteiger partial charge in [-0.05, 0) is 37.7 Å². The first kappa shape index (κ1) is 12.2. The van der Waals surface area contributed by atoms with Crippen LogP contribution in [0.25, 0.3) is 0 Å². The number of nitro benzene ring substituents is 1. The monoisotopic (exact) mass is 252 g/mol. The van der Waals surface area contributed by atoms with Crippen LogP contribution in [0.5, 0.6) is 0 Å². The molecule has 1 aromatic rings. The second-order valence-electron chi connectivity index (χ2n) is 4.32. The van der Waals surface area contributed by atoms with Crippen molar-refractivity contribution in [2.24, 2.45) is 0 Å². The molecule has 1 atom stereocenters. The summed E-state index contributed by atoms with van der Waals surface area (Å²) >= 11 is 1.96. The maximum Gasteiger partial charge on any atom is 0.272 e. The van der Waals surface area contributed by atoms with Gasteiger partial charge in [-0.3, -0.25) is 10.1 Å². The lowest BCUT2D eigenvalue weighted by Crippen LogP contribution is -2.25. The summed E-state index contributed by atoms with van der Waals surface area (Å²) in [5.41, 5.74) is 1.89. The number of anilines is 1. The fourth-order valence-corrected chi connectivity index (χ4v) is 3.11. The van der Waals surface area contributed by atoms with E-state index in [0.717, 1.165) is 11.4 Å². The van der Waals surface area contributed by atoms with Gasteiger partial charge in [-0.25, -0.2) is 0 Å². The molecular formula is C12H16N2O2S. The Labute approximate surface area is 105 Å². The average Bonchev–Trinajstić information content (AvgIpc) is 2.30. The van der Waals surface area contributed by atoms with E-state index in [2.05, 4.69) is 5.32 Å². The Morgan fingerprint density at radius 3 is 2.94 bits per heavy atom. The zero-order valence-corrected chi connectivity index (χ0v) is 10.6. The van der Waals surface area contributed by atoms with Crippen molar-refractivity contribution in [3.05, 3.63) is 33.9 Å². The molecule has 0 aromatic heterocycles. The van der Waals surface area contributed by atoms with E-state index in [4.69, 9.17) is 0 Å². The molecule has 0 aliphatic carbocycles. The van der Waals surface area contributed by atoms with Gasteiger partial charge in [0.25, 0.3) is 5.69 Å². The summed E-state index contributed by atoms with van der Waals surface area (Å²) in [6, 6.07) is 5.73. The van der Waals surface area contributed by atoms with E-state index in [9.17, 15) is 10.1 Å². The summed E-state index contributed by atoms with van der Waals surface area (Å²) in [4.78, 5) is 10.4. The van der Waals surface area contributed by atoms with Crippen molar-refractivity contribution in [1.29, 1.82) is 0 Å². The van der Waals surface area contributed by atoms with E-state index in [-0.39, 0.29) is 10.6 Å². The number of thioether (sulfide) groups is 1. The number of benzene rings is 1. The second-order valence-corrected chi connectivity index (χ2v) is 5.47. The van der Waals surface area contributed by atoms with Crippen molar-refractivity contribution < 1.29 is 4.92 Å². The Bertz CT molecular complexity index is 417. The molecule has 1 aliphatic heterocycles. The number of nitro groups is 1. The van der Waals surface area contributed by atoms with Gasteiger partial charge in [0.1, 0.15) is 0 Å². The third kappa shape index (κ3) is 3.12. The third-order valence-corrected chi connectivity index (χ3v) is 4.14. The van der Waals surface area contributed by atoms with Crippen molar-refractivity contribution >= 4 is 23.1 Å². The number of hydrogen-bond donors (Lipinski definition) is 1. The molecule has 17 heavy (non-hydrogen) atoms. The molecule has 0 radical (unpaired) electrons. The molecule has 1 aliphatic rings. The van der Waals surface area contributed by atoms with E-state index >= 15 is 0 Å². The zero-order chi connectivity index (χ0) is 12.3. The molecule has 0 saturated carbocycles. The largest absolute Gasteiger partial charge is 0.381 e. The van der Waals surface area contributed by atoms with E-state index in [0.29, 0.717) is 11.6 Å². The highest BCUT2D eigenvalue weighted by molar-refractivity contribution is 7.99. The summed E-state index contributed by atoms with van der Waals surface area (Å²) in [6.07, 6.45) is 2.43. The lowest BCUT2D eigenvalue weighted by molar-refractivity contribution is -0.385. The van der Waals surface area contributed by atoms with Gasteiger partial charge in [-0.2, -0.15) is 11.8 Å². The van der Waals surface area contributed by atoms with Gasteiger partial charge >= 0.3 is 0 Å². The van der Waals surface area contributed by atoms with E-state index in [1.54, 1.807) is 19.1 Å². The van der Waals surface area contributed by atoms with Crippen LogP contribution in [-0.2, 0) is 0 Å². The van der Waals surface area contributed by atoms with Crippen LogP contribution in [0, 0.1) is 17.0 Å². The van der Waals surface area contributed by atoms with Crippen LogP contribution in [0.4, 0.5) is 11.4 Å². The molecule has 4 nitrogen and oxygen atoms in total. The highest BCUT2D eigenvalue weighted by Crippen LogP contribution is 2.25. The first-order valence-electron chi connectivity index (χ1n) is 5.76. The third-order valence-electron chi connectivity index (χ3n) is 2.92. The Kier molecular flexibility index (Phi) is 3.89. The molecule has 0 amide bonds. The maximum atomic E-state index is 10.7. The number of nitrogens with zero attached hydrogens (tertiary/aromatic N) is 1. The van der Waals surface area contributed by atoms with E-state index < -0.39 is 0 Å². The summed E-state index contributed by atoms with van der Waals surface area (Å²) < 4.78 is 0. The predicted molar refractivity (Wildman–Crippen MR) is 71.8 cm³/mol. The summed E-state index contributed by atoms with van der Waals surface area (Å²) in [6.45, 7) is 1.78. The number of nitrogens with one attached hydrogen (secondary N) is 1. The van der Waals surface area contributed by atoms with Crippen LogP contribution in [0.2, 0.25) is 0 Å². The maximum absolute atomic E-state index is 10.7. The summed E-state index contributed by atoms with van der Waals surface area (Å²) in [5.74, 6) is 2.37. The smallest absolute Gasteiger partial charge is 0.272 e. The lowest BCUT2D eigenvalue weighted by Gasteiger charge is -2.23. The zero-order valence-electron chi connectivity index (χ0n) is 9.81. The average molecular weight is 252 g/mol. The molecule has 1 unspecified atom stereocenters. The molecular weight excluding hydrogens is 236 g/mol. The van der Waals surface area contributed by atoms with Gasteiger partial charge in [-0.1, -0.05) is 0 Å². The van der Waals surface area contributed by atoms with E-state index in [1.807, 2.05) is 17.8 Å². The van der Waals surface area contributed by atoms with Gasteiger partial charge in [0, 0.05) is 29.1 Å². The Morgan fingerprint density at radius 1 is 1.53 bits per heavy atom. The number of rotatable bonds is 3. The first-order chi connectivity index (χ1) is 8.16. The topological polar surface area (TPSA) is 55.2 Å². The molecule has 1 aromatic carbocycles. The van der Waals surface area contributed by atoms with Crippen LogP contribution >= 0.6 is 11.8 Å². The van der Waals surface area contributed by atoms with Gasteiger partial charge < -0.3 is 5.32 Å². The molecule has 1 fully saturated rings. The summed E-state index contributed by atoms with van der Waals surface area (Å²) in [7, 11) is 0. The van der Waals surface area contributed by atoms with Gasteiger partial charge in [0.2, 0.25) is 0 Å². The van der Waals surface area contributed by atoms with Crippen LogP contribution < -0.4 is 5.32 Å². The predicted octanol–water partition coefficient (Wildman–Crippen LogP) is 3.21. The van der Waals surface area contributed by atoms with Crippen molar-refractivity contribution in [3.63, 3.8) is 0 Å². The molecule has 1 saturated heterocycles. The van der Waals surface area contributed by atoms with Crippen molar-refractivity contribution in [2.75, 3.05) is 16.8 Å². The first-order valence-corrected chi connectivity index (χ1v) is 6.91. The van der Waals surface area contributed by atoms with Gasteiger partial charge in [0.15, 0.2) is 0 Å². The van der Waals surface area contributed by atoms with Gasteiger partial charge in [-0.15, -0.1) is 0 Å². The summed E-state index contributed by atoms with van der Waals surface area (Å²) in [5, 5.41) is 14.1. The highest BCUT2D eigenvalue weighted by atomic mass is 32.2.